The van der Waals surface area contributed by atoms with E-state index in [1.54, 1.807) is 0 Å². The van der Waals surface area contributed by atoms with Crippen LogP contribution in [0.2, 0.25) is 0 Å². The molecule has 1 rings (SSSR count). The van der Waals surface area contributed by atoms with Crippen molar-refractivity contribution < 1.29 is 4.74 Å². The summed E-state index contributed by atoms with van der Waals surface area (Å²) >= 11 is 5.51. The third-order valence-corrected chi connectivity index (χ3v) is 2.31. The van der Waals surface area contributed by atoms with E-state index in [9.17, 15) is 0 Å². The lowest BCUT2D eigenvalue weighted by Crippen LogP contribution is -1.90. The summed E-state index contributed by atoms with van der Waals surface area (Å²) in [6.07, 6.45) is 10.0. The first-order chi connectivity index (χ1) is 5.88. The van der Waals surface area contributed by atoms with Gasteiger partial charge in [-0.3, -0.25) is 0 Å². The van der Waals surface area contributed by atoms with Gasteiger partial charge in [0.1, 0.15) is 6.10 Å². The number of ether oxygens (including phenoxy) is 1. The van der Waals surface area contributed by atoms with Crippen molar-refractivity contribution in [3.05, 3.63) is 12.2 Å². The summed E-state index contributed by atoms with van der Waals surface area (Å²) in [6.45, 7) is 2.22. The van der Waals surface area contributed by atoms with Gasteiger partial charge in [-0.1, -0.05) is 38.3 Å². The van der Waals surface area contributed by atoms with Gasteiger partial charge in [0.05, 0.1) is 6.10 Å². The Morgan fingerprint density at radius 2 is 2.25 bits per heavy atom. The molecule has 0 aromatic carbocycles. The summed E-state index contributed by atoms with van der Waals surface area (Å²) in [5, 5.41) is 0. The van der Waals surface area contributed by atoms with Crippen LogP contribution < -0.4 is 0 Å². The minimum Gasteiger partial charge on any atom is -0.365 e. The van der Waals surface area contributed by atoms with Crippen LogP contribution in [0, 0.1) is 0 Å². The number of alkyl halides is 1. The zero-order chi connectivity index (χ0) is 8.81. The summed E-state index contributed by atoms with van der Waals surface area (Å²) in [4.78, 5) is 0. The molecule has 70 valence electrons. The lowest BCUT2D eigenvalue weighted by atomic mass is 10.1. The molecular weight excluding hydrogens is 172 g/mol. The van der Waals surface area contributed by atoms with Crippen LogP contribution in [0.1, 0.15) is 32.6 Å². The standard InChI is InChI=1S/C10H17ClO/c1-2-3-4-6-9-10(12-9)7-5-8-11/h5,7,9-10H,2-4,6,8H2,1H3/b7-5+/t9-,10-/m0/s1. The van der Waals surface area contributed by atoms with Gasteiger partial charge in [-0.05, 0) is 6.42 Å². The van der Waals surface area contributed by atoms with E-state index >= 15 is 0 Å². The maximum Gasteiger partial charge on any atom is 0.102 e. The molecule has 0 amide bonds. The van der Waals surface area contributed by atoms with E-state index < -0.39 is 0 Å². The monoisotopic (exact) mass is 188 g/mol. The number of hydrogen-bond donors (Lipinski definition) is 0. The van der Waals surface area contributed by atoms with Gasteiger partial charge in [-0.2, -0.15) is 0 Å². The van der Waals surface area contributed by atoms with Crippen molar-refractivity contribution in [2.24, 2.45) is 0 Å². The van der Waals surface area contributed by atoms with Crippen LogP contribution in [-0.2, 0) is 4.74 Å². The second-order valence-corrected chi connectivity index (χ2v) is 3.53. The maximum absolute atomic E-state index is 5.51. The smallest absolute Gasteiger partial charge is 0.102 e. The average Bonchev–Trinajstić information content (AvgIpc) is 2.81. The van der Waals surface area contributed by atoms with Gasteiger partial charge in [0.25, 0.3) is 0 Å². The quantitative estimate of drug-likeness (QED) is 0.270. The predicted molar refractivity (Wildman–Crippen MR) is 52.7 cm³/mol. The number of allylic oxidation sites excluding steroid dienone is 1. The molecule has 1 heterocycles. The fourth-order valence-corrected chi connectivity index (χ4v) is 1.44. The van der Waals surface area contributed by atoms with Crippen LogP contribution in [0.5, 0.6) is 0 Å². The summed E-state index contributed by atoms with van der Waals surface area (Å²) in [6, 6.07) is 0. The molecule has 1 saturated heterocycles. The largest absolute Gasteiger partial charge is 0.365 e. The average molecular weight is 189 g/mol. The molecule has 12 heavy (non-hydrogen) atoms. The Morgan fingerprint density at radius 3 is 2.92 bits per heavy atom. The number of hydrogen-bond acceptors (Lipinski definition) is 1. The molecule has 0 spiro atoms. The first-order valence-electron chi connectivity index (χ1n) is 4.76. The zero-order valence-corrected chi connectivity index (χ0v) is 8.39. The third-order valence-electron chi connectivity index (χ3n) is 2.13. The summed E-state index contributed by atoms with van der Waals surface area (Å²) < 4.78 is 5.42. The van der Waals surface area contributed by atoms with Crippen molar-refractivity contribution >= 4 is 11.6 Å². The predicted octanol–water partition coefficient (Wildman–Crippen LogP) is 3.13. The van der Waals surface area contributed by atoms with E-state index in [2.05, 4.69) is 13.0 Å². The molecule has 0 aliphatic carbocycles. The molecule has 2 heteroatoms. The molecule has 1 fully saturated rings. The molecule has 0 N–H and O–H groups in total. The van der Waals surface area contributed by atoms with Crippen molar-refractivity contribution in [2.75, 3.05) is 5.88 Å². The summed E-state index contributed by atoms with van der Waals surface area (Å²) in [5.41, 5.74) is 0. The highest BCUT2D eigenvalue weighted by Crippen LogP contribution is 2.28. The molecule has 2 atom stereocenters. The molecule has 0 radical (unpaired) electrons. The Bertz CT molecular complexity index is 145. The first kappa shape index (κ1) is 10.1. The SMILES string of the molecule is CCCCC[C@@H]1O[C@H]1/C=C/CCl. The van der Waals surface area contributed by atoms with Crippen molar-refractivity contribution in [3.8, 4) is 0 Å². The van der Waals surface area contributed by atoms with Gasteiger partial charge < -0.3 is 4.74 Å². The van der Waals surface area contributed by atoms with E-state index in [1.165, 1.54) is 25.7 Å². The second kappa shape index (κ2) is 5.60. The summed E-state index contributed by atoms with van der Waals surface area (Å²) in [7, 11) is 0. The highest BCUT2D eigenvalue weighted by Gasteiger charge is 2.35. The topological polar surface area (TPSA) is 12.5 Å². The first-order valence-corrected chi connectivity index (χ1v) is 5.30. The highest BCUT2D eigenvalue weighted by atomic mass is 35.5. The highest BCUT2D eigenvalue weighted by molar-refractivity contribution is 6.18. The van der Waals surface area contributed by atoms with Crippen LogP contribution in [0.25, 0.3) is 0 Å². The lowest BCUT2D eigenvalue weighted by molar-refractivity contribution is 0.373. The van der Waals surface area contributed by atoms with Gasteiger partial charge in [-0.25, -0.2) is 0 Å². The molecule has 0 saturated carbocycles. The van der Waals surface area contributed by atoms with Crippen molar-refractivity contribution in [1.29, 1.82) is 0 Å². The van der Waals surface area contributed by atoms with E-state index in [0.29, 0.717) is 18.1 Å². The maximum atomic E-state index is 5.51. The van der Waals surface area contributed by atoms with Gasteiger partial charge in [-0.15, -0.1) is 11.6 Å². The second-order valence-electron chi connectivity index (χ2n) is 3.22. The Balaban J connectivity index is 1.97. The Labute approximate surface area is 79.7 Å². The van der Waals surface area contributed by atoms with E-state index in [1.807, 2.05) is 6.08 Å². The molecule has 1 aliphatic heterocycles. The van der Waals surface area contributed by atoms with Crippen molar-refractivity contribution in [2.45, 2.75) is 44.8 Å². The number of unbranched alkanes of at least 4 members (excludes halogenated alkanes) is 2. The minimum absolute atomic E-state index is 0.376. The van der Waals surface area contributed by atoms with Crippen LogP contribution >= 0.6 is 11.6 Å². The molecule has 1 nitrogen and oxygen atoms in total. The molecule has 0 aromatic rings. The molecule has 0 bridgehead atoms. The van der Waals surface area contributed by atoms with Crippen molar-refractivity contribution in [3.63, 3.8) is 0 Å². The minimum atomic E-state index is 0.376. The van der Waals surface area contributed by atoms with Gasteiger partial charge in [0.15, 0.2) is 0 Å². The van der Waals surface area contributed by atoms with Gasteiger partial charge in [0, 0.05) is 5.88 Å². The lowest BCUT2D eigenvalue weighted by Gasteiger charge is -1.92. The van der Waals surface area contributed by atoms with Gasteiger partial charge in [0.2, 0.25) is 0 Å². The van der Waals surface area contributed by atoms with E-state index in [-0.39, 0.29) is 0 Å². The van der Waals surface area contributed by atoms with E-state index in [0.717, 1.165) is 0 Å². The normalized spacial score (nSPS) is 28.2. The Morgan fingerprint density at radius 1 is 1.42 bits per heavy atom. The van der Waals surface area contributed by atoms with Crippen LogP contribution in [-0.4, -0.2) is 18.1 Å². The zero-order valence-electron chi connectivity index (χ0n) is 7.63. The Hall–Kier alpha value is -0.0100. The van der Waals surface area contributed by atoms with E-state index in [4.69, 9.17) is 16.3 Å². The number of rotatable bonds is 6. The molecular formula is C10H17ClO. The van der Waals surface area contributed by atoms with Gasteiger partial charge >= 0.3 is 0 Å². The fraction of sp³-hybridized carbons (Fsp3) is 0.800. The molecule has 0 unspecified atom stereocenters. The third kappa shape index (κ3) is 3.59. The number of halogens is 1. The summed E-state index contributed by atoms with van der Waals surface area (Å²) in [5.74, 6) is 0.599. The number of epoxide rings is 1. The van der Waals surface area contributed by atoms with Crippen molar-refractivity contribution in [1.82, 2.24) is 0 Å². The molecule has 0 aromatic heterocycles. The Kier molecular flexibility index (Phi) is 4.70. The van der Waals surface area contributed by atoms with Crippen LogP contribution in [0.3, 0.4) is 0 Å². The van der Waals surface area contributed by atoms with Crippen LogP contribution in [0.4, 0.5) is 0 Å². The van der Waals surface area contributed by atoms with Crippen LogP contribution in [0.15, 0.2) is 12.2 Å². The fourth-order valence-electron chi connectivity index (χ4n) is 1.34. The molecule has 1 aliphatic rings.